The molecular formula is C36H43N7O5. The lowest BCUT2D eigenvalue weighted by molar-refractivity contribution is 0.0386. The average Bonchev–Trinajstić information content (AvgIpc) is 3.81. The van der Waals surface area contributed by atoms with E-state index < -0.39 is 24.0 Å². The molecule has 6 rings (SSSR count). The Morgan fingerprint density at radius 1 is 1.00 bits per heavy atom. The molecule has 2 aromatic heterocycles. The molecule has 1 amide bonds. The van der Waals surface area contributed by atoms with E-state index in [0.717, 1.165) is 6.42 Å². The van der Waals surface area contributed by atoms with Crippen molar-refractivity contribution in [1.82, 2.24) is 24.8 Å². The van der Waals surface area contributed by atoms with Crippen LogP contribution in [0.4, 0.5) is 21.4 Å². The summed E-state index contributed by atoms with van der Waals surface area (Å²) in [6.07, 6.45) is 5.34. The highest BCUT2D eigenvalue weighted by Gasteiger charge is 2.31. The number of ether oxygens (including phenoxy) is 3. The van der Waals surface area contributed by atoms with Gasteiger partial charge in [0.15, 0.2) is 17.0 Å². The SMILES string of the molecule is CCOC(=O)O[C@@H]1C=C[C@H](n2cnc3c(NCC(c4ccccc4)c4ccccc4)nc(N4CC[C@@H](NC(=O)OC(C)(C)C)C4)nc32)C1. The first-order chi connectivity index (χ1) is 23.2. The molecule has 2 aliphatic rings. The van der Waals surface area contributed by atoms with Gasteiger partial charge in [-0.2, -0.15) is 9.97 Å². The zero-order chi connectivity index (χ0) is 33.7. The summed E-state index contributed by atoms with van der Waals surface area (Å²) in [5, 5.41) is 6.61. The van der Waals surface area contributed by atoms with Gasteiger partial charge in [0.25, 0.3) is 0 Å². The van der Waals surface area contributed by atoms with Crippen LogP contribution in [0.15, 0.2) is 79.1 Å². The smallest absolute Gasteiger partial charge is 0.444 e. The molecule has 48 heavy (non-hydrogen) atoms. The fourth-order valence-electron chi connectivity index (χ4n) is 6.16. The van der Waals surface area contributed by atoms with Crippen molar-refractivity contribution in [2.75, 3.05) is 36.5 Å². The molecule has 2 N–H and O–H groups in total. The number of nitrogens with zero attached hydrogens (tertiary/aromatic N) is 5. The van der Waals surface area contributed by atoms with Crippen LogP contribution in [0.2, 0.25) is 0 Å². The van der Waals surface area contributed by atoms with Gasteiger partial charge in [-0.1, -0.05) is 66.7 Å². The van der Waals surface area contributed by atoms with Crippen molar-refractivity contribution < 1.29 is 23.8 Å². The van der Waals surface area contributed by atoms with Crippen LogP contribution >= 0.6 is 0 Å². The van der Waals surface area contributed by atoms with Gasteiger partial charge in [-0.25, -0.2) is 14.6 Å². The second kappa shape index (κ2) is 14.3. The number of rotatable bonds is 10. The fraction of sp³-hybridized carbons (Fsp3) is 0.417. The number of imidazole rings is 1. The van der Waals surface area contributed by atoms with Gasteiger partial charge in [0.1, 0.15) is 11.7 Å². The summed E-state index contributed by atoms with van der Waals surface area (Å²) in [5.41, 5.74) is 3.10. The van der Waals surface area contributed by atoms with Crippen molar-refractivity contribution >= 4 is 35.2 Å². The maximum absolute atomic E-state index is 12.5. The topological polar surface area (TPSA) is 133 Å². The Balaban J connectivity index is 1.29. The van der Waals surface area contributed by atoms with Gasteiger partial charge in [0.2, 0.25) is 5.95 Å². The van der Waals surface area contributed by atoms with E-state index >= 15 is 0 Å². The fourth-order valence-corrected chi connectivity index (χ4v) is 6.16. The zero-order valence-electron chi connectivity index (χ0n) is 27.8. The number of hydrogen-bond acceptors (Lipinski definition) is 10. The van der Waals surface area contributed by atoms with Gasteiger partial charge in [0, 0.05) is 32.0 Å². The molecule has 1 aliphatic carbocycles. The number of carbonyl (C=O) groups is 2. The lowest BCUT2D eigenvalue weighted by Gasteiger charge is -2.23. The molecule has 3 atom stereocenters. The van der Waals surface area contributed by atoms with Crippen LogP contribution in [-0.2, 0) is 14.2 Å². The standard InChI is InChI=1S/C36H43N7O5/c1-5-46-35(45)47-28-17-16-27(20-28)43-23-38-30-31(37-21-29(24-12-8-6-9-13-24)25-14-10-7-11-15-25)40-33(41-32(30)43)42-19-18-26(22-42)39-34(44)48-36(2,3)4/h6-17,23,26-29H,5,18-22H2,1-4H3,(H,39,44)(H,37,40,41)/t26-,27+,28-/m1/s1. The summed E-state index contributed by atoms with van der Waals surface area (Å²) in [6.45, 7) is 9.31. The van der Waals surface area contributed by atoms with Crippen molar-refractivity contribution in [3.8, 4) is 0 Å². The summed E-state index contributed by atoms with van der Waals surface area (Å²) in [6, 6.07) is 20.6. The Kier molecular flexibility index (Phi) is 9.79. The van der Waals surface area contributed by atoms with E-state index in [2.05, 4.69) is 64.1 Å². The molecule has 1 saturated heterocycles. The highest BCUT2D eigenvalue weighted by molar-refractivity contribution is 5.84. The van der Waals surface area contributed by atoms with Gasteiger partial charge >= 0.3 is 12.2 Å². The van der Waals surface area contributed by atoms with Crippen LogP contribution in [-0.4, -0.2) is 75.8 Å². The Bertz CT molecular complexity index is 1700. The first-order valence-electron chi connectivity index (χ1n) is 16.5. The molecule has 0 spiro atoms. The van der Waals surface area contributed by atoms with Crippen LogP contribution in [0.5, 0.6) is 0 Å². The summed E-state index contributed by atoms with van der Waals surface area (Å²) < 4.78 is 17.9. The summed E-state index contributed by atoms with van der Waals surface area (Å²) in [5.74, 6) is 1.23. The third kappa shape index (κ3) is 7.87. The predicted molar refractivity (Wildman–Crippen MR) is 183 cm³/mol. The molecule has 0 bridgehead atoms. The van der Waals surface area contributed by atoms with Crippen molar-refractivity contribution in [3.63, 3.8) is 0 Å². The highest BCUT2D eigenvalue weighted by atomic mass is 16.7. The van der Waals surface area contributed by atoms with E-state index in [1.165, 1.54) is 11.1 Å². The van der Waals surface area contributed by atoms with E-state index in [1.54, 1.807) is 13.3 Å². The van der Waals surface area contributed by atoms with Crippen molar-refractivity contribution in [2.45, 2.75) is 70.2 Å². The number of hydrogen-bond donors (Lipinski definition) is 2. The largest absolute Gasteiger partial charge is 0.508 e. The molecule has 2 aromatic carbocycles. The third-order valence-corrected chi connectivity index (χ3v) is 8.37. The van der Waals surface area contributed by atoms with Crippen LogP contribution in [0, 0.1) is 0 Å². The molecule has 3 heterocycles. The van der Waals surface area contributed by atoms with Gasteiger partial charge in [-0.3, -0.25) is 0 Å². The second-order valence-electron chi connectivity index (χ2n) is 13.1. The van der Waals surface area contributed by atoms with Crippen LogP contribution in [0.1, 0.15) is 63.6 Å². The van der Waals surface area contributed by atoms with Gasteiger partial charge in [-0.05, 0) is 51.3 Å². The van der Waals surface area contributed by atoms with E-state index in [-0.39, 0.29) is 24.6 Å². The lowest BCUT2D eigenvalue weighted by Crippen LogP contribution is -2.40. The number of allylic oxidation sites excluding steroid dienone is 1. The minimum Gasteiger partial charge on any atom is -0.444 e. The molecule has 12 heteroatoms. The first-order valence-corrected chi connectivity index (χ1v) is 16.5. The zero-order valence-corrected chi connectivity index (χ0v) is 27.8. The number of amides is 1. The van der Waals surface area contributed by atoms with Gasteiger partial charge < -0.3 is 34.3 Å². The summed E-state index contributed by atoms with van der Waals surface area (Å²) in [4.78, 5) is 41.4. The van der Waals surface area contributed by atoms with E-state index in [9.17, 15) is 9.59 Å². The molecule has 4 aromatic rings. The number of carbonyl (C=O) groups excluding carboxylic acids is 2. The number of nitrogens with one attached hydrogen (secondary N) is 2. The minimum absolute atomic E-state index is 0.0655. The minimum atomic E-state index is -0.686. The quantitative estimate of drug-likeness (QED) is 0.150. The Morgan fingerprint density at radius 2 is 1.71 bits per heavy atom. The number of fused-ring (bicyclic) bond motifs is 1. The van der Waals surface area contributed by atoms with Crippen molar-refractivity contribution in [3.05, 3.63) is 90.3 Å². The highest BCUT2D eigenvalue weighted by Crippen LogP contribution is 2.33. The van der Waals surface area contributed by atoms with Crippen LogP contribution < -0.4 is 15.5 Å². The maximum atomic E-state index is 12.5. The average molecular weight is 654 g/mol. The van der Waals surface area contributed by atoms with Crippen LogP contribution in [0.25, 0.3) is 11.2 Å². The first kappa shape index (κ1) is 32.8. The summed E-state index contributed by atoms with van der Waals surface area (Å²) >= 11 is 0. The molecule has 0 saturated carbocycles. The molecule has 1 aliphatic heterocycles. The summed E-state index contributed by atoms with van der Waals surface area (Å²) in [7, 11) is 0. The van der Waals surface area contributed by atoms with E-state index in [1.807, 2.05) is 49.6 Å². The molecular weight excluding hydrogens is 610 g/mol. The van der Waals surface area contributed by atoms with E-state index in [0.29, 0.717) is 49.0 Å². The molecule has 0 radical (unpaired) electrons. The number of benzene rings is 2. The van der Waals surface area contributed by atoms with Crippen molar-refractivity contribution in [1.29, 1.82) is 0 Å². The maximum Gasteiger partial charge on any atom is 0.508 e. The van der Waals surface area contributed by atoms with Crippen LogP contribution in [0.3, 0.4) is 0 Å². The van der Waals surface area contributed by atoms with Gasteiger partial charge in [-0.15, -0.1) is 0 Å². The second-order valence-corrected chi connectivity index (χ2v) is 13.1. The molecule has 252 valence electrons. The monoisotopic (exact) mass is 653 g/mol. The van der Waals surface area contributed by atoms with Crippen molar-refractivity contribution in [2.24, 2.45) is 0 Å². The van der Waals surface area contributed by atoms with E-state index in [4.69, 9.17) is 29.2 Å². The number of aromatic nitrogens is 4. The Hall–Kier alpha value is -5.13. The number of alkyl carbamates (subject to hydrolysis) is 1. The lowest BCUT2D eigenvalue weighted by atomic mass is 9.91. The Labute approximate surface area is 280 Å². The molecule has 12 nitrogen and oxygen atoms in total. The molecule has 1 fully saturated rings. The van der Waals surface area contributed by atoms with Gasteiger partial charge in [0.05, 0.1) is 25.0 Å². The Morgan fingerprint density at radius 3 is 2.38 bits per heavy atom. The molecule has 0 unspecified atom stereocenters. The normalized spacial score (nSPS) is 19.1. The number of anilines is 2. The third-order valence-electron chi connectivity index (χ3n) is 8.37. The predicted octanol–water partition coefficient (Wildman–Crippen LogP) is 6.22.